The van der Waals surface area contributed by atoms with E-state index in [2.05, 4.69) is 50.2 Å². The van der Waals surface area contributed by atoms with E-state index in [1.807, 2.05) is 18.3 Å². The Hall–Kier alpha value is -0.920. The van der Waals surface area contributed by atoms with E-state index in [0.717, 1.165) is 25.4 Å². The van der Waals surface area contributed by atoms with Crippen molar-refractivity contribution in [2.24, 2.45) is 0 Å². The molecule has 18 heavy (non-hydrogen) atoms. The number of H-pyrrole nitrogens is 1. The lowest BCUT2D eigenvalue weighted by Crippen LogP contribution is -2.18. The van der Waals surface area contributed by atoms with Crippen molar-refractivity contribution in [2.75, 3.05) is 20.3 Å². The number of methoxy groups -OCH3 is 1. The third kappa shape index (κ3) is 3.30. The zero-order valence-corrected chi connectivity index (χ0v) is 12.4. The Kier molecular flexibility index (Phi) is 5.15. The van der Waals surface area contributed by atoms with Crippen LogP contribution < -0.4 is 5.32 Å². The minimum Gasteiger partial charge on any atom is -0.383 e. The number of nitrogens with one attached hydrogen (secondary N) is 2. The second kappa shape index (κ2) is 6.86. The average molecular weight is 357 g/mol. The maximum absolute atomic E-state index is 5.01. The van der Waals surface area contributed by atoms with Gasteiger partial charge in [-0.2, -0.15) is 5.10 Å². The van der Waals surface area contributed by atoms with Crippen LogP contribution in [0.25, 0.3) is 11.3 Å². The highest BCUT2D eigenvalue weighted by atomic mass is 127. The monoisotopic (exact) mass is 357 g/mol. The van der Waals surface area contributed by atoms with Crippen molar-refractivity contribution in [3.63, 3.8) is 0 Å². The van der Waals surface area contributed by atoms with Crippen LogP contribution >= 0.6 is 22.6 Å². The van der Waals surface area contributed by atoms with Crippen molar-refractivity contribution in [1.29, 1.82) is 0 Å². The van der Waals surface area contributed by atoms with Gasteiger partial charge in [-0.1, -0.05) is 18.2 Å². The number of halogens is 1. The topological polar surface area (TPSA) is 49.9 Å². The molecule has 0 amide bonds. The molecule has 1 heterocycles. The van der Waals surface area contributed by atoms with Gasteiger partial charge in [-0.3, -0.25) is 5.10 Å². The SMILES string of the molecule is COCCNCc1cn[nH]c1-c1ccccc1I. The van der Waals surface area contributed by atoms with Crippen LogP contribution in [0.15, 0.2) is 30.5 Å². The van der Waals surface area contributed by atoms with Gasteiger partial charge >= 0.3 is 0 Å². The molecule has 0 aliphatic rings. The summed E-state index contributed by atoms with van der Waals surface area (Å²) in [4.78, 5) is 0. The summed E-state index contributed by atoms with van der Waals surface area (Å²) < 4.78 is 6.23. The molecule has 4 nitrogen and oxygen atoms in total. The van der Waals surface area contributed by atoms with Crippen molar-refractivity contribution in [3.8, 4) is 11.3 Å². The number of nitrogens with zero attached hydrogens (tertiary/aromatic N) is 1. The van der Waals surface area contributed by atoms with Crippen LogP contribution in [0.1, 0.15) is 5.56 Å². The molecule has 5 heteroatoms. The van der Waals surface area contributed by atoms with Gasteiger partial charge in [0.15, 0.2) is 0 Å². The number of hydrogen-bond donors (Lipinski definition) is 2. The fourth-order valence-electron chi connectivity index (χ4n) is 1.74. The van der Waals surface area contributed by atoms with Crippen LogP contribution in [0.5, 0.6) is 0 Å². The lowest BCUT2D eigenvalue weighted by molar-refractivity contribution is 0.199. The maximum Gasteiger partial charge on any atom is 0.0705 e. The van der Waals surface area contributed by atoms with Gasteiger partial charge < -0.3 is 10.1 Å². The Morgan fingerprint density at radius 1 is 1.39 bits per heavy atom. The predicted octanol–water partition coefficient (Wildman–Crippen LogP) is 2.42. The van der Waals surface area contributed by atoms with Crippen molar-refractivity contribution < 1.29 is 4.74 Å². The zero-order valence-electron chi connectivity index (χ0n) is 10.2. The Morgan fingerprint density at radius 2 is 2.22 bits per heavy atom. The smallest absolute Gasteiger partial charge is 0.0705 e. The highest BCUT2D eigenvalue weighted by Crippen LogP contribution is 2.25. The second-order valence-corrected chi connectivity index (χ2v) is 5.08. The molecule has 0 unspecified atom stereocenters. The lowest BCUT2D eigenvalue weighted by Gasteiger charge is -2.06. The summed E-state index contributed by atoms with van der Waals surface area (Å²) in [6.45, 7) is 2.35. The van der Waals surface area contributed by atoms with Crippen LogP contribution in [0.3, 0.4) is 0 Å². The third-order valence-corrected chi connectivity index (χ3v) is 3.60. The lowest BCUT2D eigenvalue weighted by atomic mass is 10.1. The number of aromatic nitrogens is 2. The molecule has 1 aromatic heterocycles. The van der Waals surface area contributed by atoms with Gasteiger partial charge in [0.05, 0.1) is 18.5 Å². The minimum atomic E-state index is 0.718. The second-order valence-electron chi connectivity index (χ2n) is 3.92. The van der Waals surface area contributed by atoms with E-state index in [1.165, 1.54) is 14.7 Å². The number of aromatic amines is 1. The molecule has 96 valence electrons. The molecule has 0 radical (unpaired) electrons. The van der Waals surface area contributed by atoms with E-state index in [4.69, 9.17) is 4.74 Å². The standard InChI is InChI=1S/C13H16IN3O/c1-18-7-6-15-8-10-9-16-17-13(10)11-4-2-3-5-12(11)14/h2-5,9,15H,6-8H2,1H3,(H,16,17). The summed E-state index contributed by atoms with van der Waals surface area (Å²) in [6, 6.07) is 8.28. The first-order valence-electron chi connectivity index (χ1n) is 5.79. The van der Waals surface area contributed by atoms with E-state index in [0.29, 0.717) is 0 Å². The fraction of sp³-hybridized carbons (Fsp3) is 0.308. The van der Waals surface area contributed by atoms with Crippen molar-refractivity contribution in [3.05, 3.63) is 39.6 Å². The minimum absolute atomic E-state index is 0.718. The van der Waals surface area contributed by atoms with Crippen LogP contribution in [-0.2, 0) is 11.3 Å². The number of benzene rings is 1. The summed E-state index contributed by atoms with van der Waals surface area (Å²) in [6.07, 6.45) is 1.87. The van der Waals surface area contributed by atoms with E-state index >= 15 is 0 Å². The molecule has 0 saturated heterocycles. The summed E-state index contributed by atoms with van der Waals surface area (Å²) in [5, 5.41) is 10.5. The number of ether oxygens (including phenoxy) is 1. The average Bonchev–Trinajstić information content (AvgIpc) is 2.83. The predicted molar refractivity (Wildman–Crippen MR) is 80.3 cm³/mol. The largest absolute Gasteiger partial charge is 0.383 e. The highest BCUT2D eigenvalue weighted by Gasteiger charge is 2.09. The molecule has 0 saturated carbocycles. The molecule has 1 aromatic carbocycles. The molecular weight excluding hydrogens is 341 g/mol. The maximum atomic E-state index is 5.01. The molecule has 0 aliphatic carbocycles. The first-order valence-corrected chi connectivity index (χ1v) is 6.87. The molecule has 2 N–H and O–H groups in total. The molecule has 0 aliphatic heterocycles. The molecular formula is C13H16IN3O. The molecule has 2 rings (SSSR count). The Labute approximate surface area is 120 Å². The first-order chi connectivity index (χ1) is 8.83. The Bertz CT molecular complexity index is 498. The van der Waals surface area contributed by atoms with Gasteiger partial charge in [0.1, 0.15) is 0 Å². The van der Waals surface area contributed by atoms with Gasteiger partial charge in [-0.25, -0.2) is 0 Å². The summed E-state index contributed by atoms with van der Waals surface area (Å²) in [7, 11) is 1.71. The van der Waals surface area contributed by atoms with E-state index in [9.17, 15) is 0 Å². The molecule has 0 atom stereocenters. The van der Waals surface area contributed by atoms with Gasteiger partial charge in [-0.15, -0.1) is 0 Å². The molecule has 0 fully saturated rings. The van der Waals surface area contributed by atoms with E-state index in [1.54, 1.807) is 7.11 Å². The van der Waals surface area contributed by atoms with Gasteiger partial charge in [0.2, 0.25) is 0 Å². The van der Waals surface area contributed by atoms with Crippen LogP contribution in [-0.4, -0.2) is 30.5 Å². The normalized spacial score (nSPS) is 10.8. The van der Waals surface area contributed by atoms with E-state index in [-0.39, 0.29) is 0 Å². The van der Waals surface area contributed by atoms with Crippen LogP contribution in [0, 0.1) is 3.57 Å². The first kappa shape index (κ1) is 13.5. The molecule has 0 bridgehead atoms. The highest BCUT2D eigenvalue weighted by molar-refractivity contribution is 14.1. The van der Waals surface area contributed by atoms with E-state index < -0.39 is 0 Å². The number of rotatable bonds is 6. The van der Waals surface area contributed by atoms with Crippen LogP contribution in [0.4, 0.5) is 0 Å². The Morgan fingerprint density at radius 3 is 3.00 bits per heavy atom. The summed E-state index contributed by atoms with van der Waals surface area (Å²) in [5.41, 5.74) is 3.46. The zero-order chi connectivity index (χ0) is 12.8. The van der Waals surface area contributed by atoms with Gasteiger partial charge in [0.25, 0.3) is 0 Å². The summed E-state index contributed by atoms with van der Waals surface area (Å²) >= 11 is 2.34. The van der Waals surface area contributed by atoms with Crippen molar-refractivity contribution in [2.45, 2.75) is 6.54 Å². The third-order valence-electron chi connectivity index (χ3n) is 2.66. The quantitative estimate of drug-likeness (QED) is 0.617. The van der Waals surface area contributed by atoms with Crippen molar-refractivity contribution in [1.82, 2.24) is 15.5 Å². The molecule has 0 spiro atoms. The van der Waals surface area contributed by atoms with Gasteiger partial charge in [-0.05, 0) is 28.7 Å². The fourth-order valence-corrected chi connectivity index (χ4v) is 2.40. The molecule has 2 aromatic rings. The number of hydrogen-bond acceptors (Lipinski definition) is 3. The van der Waals surface area contributed by atoms with Gasteiger partial charge in [0, 0.05) is 34.9 Å². The van der Waals surface area contributed by atoms with Crippen LogP contribution in [0.2, 0.25) is 0 Å². The van der Waals surface area contributed by atoms with Crippen molar-refractivity contribution >= 4 is 22.6 Å². The Balaban J connectivity index is 2.10. The summed E-state index contributed by atoms with van der Waals surface area (Å²) in [5.74, 6) is 0.